The second kappa shape index (κ2) is 8.03. The van der Waals surface area contributed by atoms with Crippen LogP contribution in [0.4, 0.5) is 13.2 Å². The number of benzene rings is 1. The highest BCUT2D eigenvalue weighted by molar-refractivity contribution is 5.80. The fourth-order valence-corrected chi connectivity index (χ4v) is 2.20. The molecule has 0 aromatic heterocycles. The Morgan fingerprint density at radius 1 is 1.12 bits per heavy atom. The minimum Gasteiger partial charge on any atom is -0.481 e. The molecule has 134 valence electrons. The van der Waals surface area contributed by atoms with Gasteiger partial charge in [-0.3, -0.25) is 9.59 Å². The number of carboxylic acid groups (broad SMARTS) is 1. The Labute approximate surface area is 137 Å². The molecule has 1 aromatic carbocycles. The van der Waals surface area contributed by atoms with Gasteiger partial charge in [0, 0.05) is 6.54 Å². The first-order valence-corrected chi connectivity index (χ1v) is 7.46. The van der Waals surface area contributed by atoms with E-state index in [2.05, 4.69) is 10.1 Å². The molecule has 0 bridgehead atoms. The summed E-state index contributed by atoms with van der Waals surface area (Å²) >= 11 is 0. The van der Waals surface area contributed by atoms with Crippen LogP contribution in [0.5, 0.6) is 5.75 Å². The van der Waals surface area contributed by atoms with Crippen LogP contribution in [-0.2, 0) is 16.0 Å². The Morgan fingerprint density at radius 3 is 2.08 bits per heavy atom. The van der Waals surface area contributed by atoms with Crippen molar-refractivity contribution in [3.63, 3.8) is 0 Å². The van der Waals surface area contributed by atoms with Crippen molar-refractivity contribution in [3.05, 3.63) is 29.8 Å². The van der Waals surface area contributed by atoms with Gasteiger partial charge in [0.1, 0.15) is 5.75 Å². The van der Waals surface area contributed by atoms with E-state index in [9.17, 15) is 27.9 Å². The fourth-order valence-electron chi connectivity index (χ4n) is 2.20. The van der Waals surface area contributed by atoms with Crippen LogP contribution in [0.1, 0.15) is 32.3 Å². The number of aliphatic carboxylic acids is 1. The van der Waals surface area contributed by atoms with Gasteiger partial charge in [0.25, 0.3) is 0 Å². The predicted octanol–water partition coefficient (Wildman–Crippen LogP) is 3.13. The van der Waals surface area contributed by atoms with Crippen molar-refractivity contribution in [2.45, 2.75) is 39.5 Å². The standard InChI is InChI=1S/C16H20F3NO4/c1-3-15(4-2,14(22)23)10-20-13(21)9-11-5-7-12(8-6-11)24-16(17,18)19/h5-8H,3-4,9-10H2,1-2H3,(H,20,21)(H,22,23). The summed E-state index contributed by atoms with van der Waals surface area (Å²) in [6.07, 6.45) is -4.07. The van der Waals surface area contributed by atoms with E-state index >= 15 is 0 Å². The van der Waals surface area contributed by atoms with E-state index in [1.165, 1.54) is 12.1 Å². The molecule has 1 aromatic rings. The van der Waals surface area contributed by atoms with Gasteiger partial charge in [0.2, 0.25) is 5.91 Å². The highest BCUT2D eigenvalue weighted by atomic mass is 19.4. The first kappa shape index (κ1) is 19.8. The monoisotopic (exact) mass is 347 g/mol. The molecule has 0 spiro atoms. The lowest BCUT2D eigenvalue weighted by Gasteiger charge is -2.26. The SMILES string of the molecule is CCC(CC)(CNC(=O)Cc1ccc(OC(F)(F)F)cc1)C(=O)O. The number of carboxylic acids is 1. The van der Waals surface area contributed by atoms with Gasteiger partial charge in [-0.2, -0.15) is 0 Å². The number of hydrogen-bond donors (Lipinski definition) is 2. The third-order valence-corrected chi connectivity index (χ3v) is 3.95. The molecule has 2 N–H and O–H groups in total. The van der Waals surface area contributed by atoms with Crippen LogP contribution in [0.3, 0.4) is 0 Å². The average molecular weight is 347 g/mol. The quantitative estimate of drug-likeness (QED) is 0.758. The van der Waals surface area contributed by atoms with Gasteiger partial charge in [-0.05, 0) is 30.5 Å². The van der Waals surface area contributed by atoms with E-state index in [0.717, 1.165) is 12.1 Å². The van der Waals surface area contributed by atoms with Gasteiger partial charge in [-0.25, -0.2) is 0 Å². The van der Waals surface area contributed by atoms with Crippen LogP contribution in [-0.4, -0.2) is 29.9 Å². The molecule has 1 rings (SSSR count). The van der Waals surface area contributed by atoms with Gasteiger partial charge in [0.05, 0.1) is 11.8 Å². The Morgan fingerprint density at radius 2 is 1.67 bits per heavy atom. The highest BCUT2D eigenvalue weighted by Gasteiger charge is 2.35. The Kier molecular flexibility index (Phi) is 6.62. The van der Waals surface area contributed by atoms with E-state index in [0.29, 0.717) is 18.4 Å². The second-order valence-electron chi connectivity index (χ2n) is 5.44. The highest BCUT2D eigenvalue weighted by Crippen LogP contribution is 2.26. The number of carbonyl (C=O) groups excluding carboxylic acids is 1. The van der Waals surface area contributed by atoms with Crippen LogP contribution in [0.25, 0.3) is 0 Å². The van der Waals surface area contributed by atoms with Gasteiger partial charge in [-0.1, -0.05) is 26.0 Å². The summed E-state index contributed by atoms with van der Waals surface area (Å²) in [6.45, 7) is 3.48. The normalized spacial score (nSPS) is 11.9. The zero-order chi connectivity index (χ0) is 18.4. The zero-order valence-electron chi connectivity index (χ0n) is 13.4. The van der Waals surface area contributed by atoms with E-state index < -0.39 is 23.7 Å². The molecule has 5 nitrogen and oxygen atoms in total. The minimum atomic E-state index is -4.76. The maximum absolute atomic E-state index is 12.1. The molecular weight excluding hydrogens is 327 g/mol. The molecule has 24 heavy (non-hydrogen) atoms. The lowest BCUT2D eigenvalue weighted by Crippen LogP contribution is -2.42. The largest absolute Gasteiger partial charge is 0.573 e. The summed E-state index contributed by atoms with van der Waals surface area (Å²) in [4.78, 5) is 23.3. The maximum atomic E-state index is 12.1. The minimum absolute atomic E-state index is 0.00341. The van der Waals surface area contributed by atoms with Crippen molar-refractivity contribution in [2.75, 3.05) is 6.54 Å². The van der Waals surface area contributed by atoms with Crippen LogP contribution < -0.4 is 10.1 Å². The van der Waals surface area contributed by atoms with E-state index in [-0.39, 0.29) is 18.7 Å². The number of hydrogen-bond acceptors (Lipinski definition) is 3. The molecule has 0 aliphatic carbocycles. The summed E-state index contributed by atoms with van der Waals surface area (Å²) < 4.78 is 39.9. The summed E-state index contributed by atoms with van der Waals surface area (Å²) in [5.41, 5.74) is -0.518. The van der Waals surface area contributed by atoms with Crippen molar-refractivity contribution in [2.24, 2.45) is 5.41 Å². The third-order valence-electron chi connectivity index (χ3n) is 3.95. The molecule has 0 fully saturated rings. The van der Waals surface area contributed by atoms with Crippen LogP contribution >= 0.6 is 0 Å². The van der Waals surface area contributed by atoms with Gasteiger partial charge in [0.15, 0.2) is 0 Å². The lowest BCUT2D eigenvalue weighted by atomic mass is 9.82. The Balaban J connectivity index is 2.61. The van der Waals surface area contributed by atoms with Crippen LogP contribution in [0, 0.1) is 5.41 Å². The number of carbonyl (C=O) groups is 2. The third kappa shape index (κ3) is 5.75. The number of alkyl halides is 3. The molecule has 0 unspecified atom stereocenters. The first-order valence-electron chi connectivity index (χ1n) is 7.46. The summed E-state index contributed by atoms with van der Waals surface area (Å²) in [5, 5.41) is 11.9. The maximum Gasteiger partial charge on any atom is 0.573 e. The van der Waals surface area contributed by atoms with E-state index in [1.54, 1.807) is 13.8 Å². The van der Waals surface area contributed by atoms with Gasteiger partial charge < -0.3 is 15.2 Å². The number of rotatable bonds is 8. The first-order chi connectivity index (χ1) is 11.1. The number of amides is 1. The predicted molar refractivity (Wildman–Crippen MR) is 80.5 cm³/mol. The number of nitrogens with one attached hydrogen (secondary N) is 1. The van der Waals surface area contributed by atoms with Crippen molar-refractivity contribution in [3.8, 4) is 5.75 Å². The summed E-state index contributed by atoms with van der Waals surface area (Å²) in [5.74, 6) is -1.73. The van der Waals surface area contributed by atoms with E-state index in [4.69, 9.17) is 0 Å². The number of ether oxygens (including phenoxy) is 1. The van der Waals surface area contributed by atoms with E-state index in [1.807, 2.05) is 0 Å². The lowest BCUT2D eigenvalue weighted by molar-refractivity contribution is -0.274. The zero-order valence-corrected chi connectivity index (χ0v) is 13.4. The molecule has 0 aliphatic heterocycles. The molecule has 0 heterocycles. The molecule has 0 atom stereocenters. The van der Waals surface area contributed by atoms with Crippen molar-refractivity contribution < 1.29 is 32.6 Å². The molecule has 0 saturated carbocycles. The smallest absolute Gasteiger partial charge is 0.481 e. The van der Waals surface area contributed by atoms with Crippen molar-refractivity contribution in [1.82, 2.24) is 5.32 Å². The summed E-state index contributed by atoms with van der Waals surface area (Å²) in [6, 6.07) is 4.95. The average Bonchev–Trinajstić information content (AvgIpc) is 2.49. The molecule has 8 heteroatoms. The fraction of sp³-hybridized carbons (Fsp3) is 0.500. The molecular formula is C16H20F3NO4. The number of halogens is 3. The molecule has 1 amide bonds. The van der Waals surface area contributed by atoms with Gasteiger partial charge in [-0.15, -0.1) is 13.2 Å². The van der Waals surface area contributed by atoms with Crippen molar-refractivity contribution in [1.29, 1.82) is 0 Å². The molecule has 0 saturated heterocycles. The topological polar surface area (TPSA) is 75.6 Å². The second-order valence-corrected chi connectivity index (χ2v) is 5.44. The Hall–Kier alpha value is -2.25. The van der Waals surface area contributed by atoms with Crippen molar-refractivity contribution >= 4 is 11.9 Å². The Bertz CT molecular complexity index is 566. The van der Waals surface area contributed by atoms with Crippen LogP contribution in [0.2, 0.25) is 0 Å². The molecule has 0 aliphatic rings. The summed E-state index contributed by atoms with van der Waals surface area (Å²) in [7, 11) is 0. The van der Waals surface area contributed by atoms with Crippen LogP contribution in [0.15, 0.2) is 24.3 Å². The molecule has 0 radical (unpaired) electrons. The van der Waals surface area contributed by atoms with Gasteiger partial charge >= 0.3 is 12.3 Å².